The van der Waals surface area contributed by atoms with Gasteiger partial charge in [-0.05, 0) is 31.2 Å². The molecule has 7 rings (SSSR count). The quantitative estimate of drug-likeness (QED) is 0.236. The second kappa shape index (κ2) is 13.6. The molecular formula is C36H38ClF2N10O3+. The van der Waals surface area contributed by atoms with Crippen LogP contribution in [0, 0.1) is 24.5 Å². The first kappa shape index (κ1) is 35.0. The van der Waals surface area contributed by atoms with Crippen molar-refractivity contribution in [3.8, 4) is 28.1 Å². The Hall–Kier alpha value is -5.41. The average Bonchev–Trinajstić information content (AvgIpc) is 3.93. The number of imidazole rings is 1. The molecule has 0 bridgehead atoms. The van der Waals surface area contributed by atoms with Gasteiger partial charge < -0.3 is 24.2 Å². The summed E-state index contributed by atoms with van der Waals surface area (Å²) in [6.07, 6.45) is 6.96. The molecule has 3 aromatic heterocycles. The highest BCUT2D eigenvalue weighted by Gasteiger charge is 2.38. The molecule has 0 saturated carbocycles. The van der Waals surface area contributed by atoms with E-state index in [0.717, 1.165) is 24.0 Å². The summed E-state index contributed by atoms with van der Waals surface area (Å²) in [6.45, 7) is 5.23. The van der Waals surface area contributed by atoms with E-state index in [1.165, 1.54) is 40.7 Å². The number of benzene rings is 2. The molecule has 1 unspecified atom stereocenters. The molecule has 3 amide bonds. The van der Waals surface area contributed by atoms with Crippen LogP contribution in [0.25, 0.3) is 28.1 Å². The number of piperazine rings is 1. The fourth-order valence-electron chi connectivity index (χ4n) is 7.05. The molecule has 2 aliphatic heterocycles. The molecule has 2 fully saturated rings. The Morgan fingerprint density at radius 1 is 0.981 bits per heavy atom. The lowest BCUT2D eigenvalue weighted by molar-refractivity contribution is -0.878. The Morgan fingerprint density at radius 3 is 2.37 bits per heavy atom. The van der Waals surface area contributed by atoms with Crippen LogP contribution in [0.3, 0.4) is 0 Å². The van der Waals surface area contributed by atoms with Crippen molar-refractivity contribution in [3.05, 3.63) is 88.9 Å². The second-order valence-electron chi connectivity index (χ2n) is 13.9. The number of amides is 3. The average molecular weight is 732 g/mol. The summed E-state index contributed by atoms with van der Waals surface area (Å²) in [6, 6.07) is 7.47. The normalized spacial score (nSPS) is 17.1. The molecule has 52 heavy (non-hydrogen) atoms. The van der Waals surface area contributed by atoms with E-state index >= 15 is 8.78 Å². The second-order valence-corrected chi connectivity index (χ2v) is 14.3. The van der Waals surface area contributed by atoms with Crippen LogP contribution in [0.2, 0.25) is 5.02 Å². The first-order chi connectivity index (χ1) is 24.8. The van der Waals surface area contributed by atoms with E-state index in [1.54, 1.807) is 42.5 Å². The van der Waals surface area contributed by atoms with Crippen LogP contribution in [0.4, 0.5) is 14.5 Å². The first-order valence-electron chi connectivity index (χ1n) is 16.9. The third-order valence-electron chi connectivity index (χ3n) is 9.97. The van der Waals surface area contributed by atoms with Crippen molar-refractivity contribution in [3.63, 3.8) is 0 Å². The fourth-order valence-corrected chi connectivity index (χ4v) is 7.31. The Morgan fingerprint density at radius 2 is 1.69 bits per heavy atom. The van der Waals surface area contributed by atoms with Crippen LogP contribution in [-0.4, -0.2) is 115 Å². The van der Waals surface area contributed by atoms with Crippen LogP contribution in [0.5, 0.6) is 0 Å². The number of hydrogen-bond donors (Lipinski definition) is 2. The Labute approximate surface area is 303 Å². The van der Waals surface area contributed by atoms with E-state index in [9.17, 15) is 14.4 Å². The van der Waals surface area contributed by atoms with Gasteiger partial charge in [-0.2, -0.15) is 10.2 Å². The Bertz CT molecular complexity index is 2190. The maximum absolute atomic E-state index is 15.6. The molecule has 0 aliphatic carbocycles. The minimum Gasteiger partial charge on any atom is -0.339 e. The van der Waals surface area contributed by atoms with E-state index in [4.69, 9.17) is 11.6 Å². The number of anilines is 1. The number of aromatic nitrogens is 6. The maximum atomic E-state index is 15.6. The number of quaternary nitrogens is 1. The van der Waals surface area contributed by atoms with Gasteiger partial charge in [0, 0.05) is 74.4 Å². The largest absolute Gasteiger partial charge is 0.339 e. The highest BCUT2D eigenvalue weighted by Crippen LogP contribution is 2.34. The minimum absolute atomic E-state index is 0.0172. The van der Waals surface area contributed by atoms with E-state index in [0.29, 0.717) is 48.8 Å². The lowest BCUT2D eigenvalue weighted by Crippen LogP contribution is -2.52. The van der Waals surface area contributed by atoms with Gasteiger partial charge in [0.1, 0.15) is 5.69 Å². The zero-order chi connectivity index (χ0) is 36.9. The number of halogens is 3. The first-order valence-corrected chi connectivity index (χ1v) is 17.3. The zero-order valence-electron chi connectivity index (χ0n) is 29.2. The third-order valence-corrected chi connectivity index (χ3v) is 10.3. The molecule has 5 aromatic rings. The molecule has 16 heteroatoms. The molecule has 1 atom stereocenters. The number of hydrogen-bond acceptors (Lipinski definition) is 6. The summed E-state index contributed by atoms with van der Waals surface area (Å²) in [5.74, 6) is -2.92. The monoisotopic (exact) mass is 731 g/mol. The lowest BCUT2D eigenvalue weighted by Gasteiger charge is -2.36. The van der Waals surface area contributed by atoms with Gasteiger partial charge in [-0.25, -0.2) is 18.4 Å². The Kier molecular flexibility index (Phi) is 9.17. The molecular weight excluding hydrogens is 694 g/mol. The summed E-state index contributed by atoms with van der Waals surface area (Å²) < 4.78 is 34.8. The van der Waals surface area contributed by atoms with Crippen molar-refractivity contribution in [2.75, 3.05) is 58.7 Å². The SMILES string of the molecule is Cc1nn(-c2cn[nH]c2)cc1-c1ccc(-c2cnc(C(=O)Nc3ccc(C(=O)N4CCN(C(=O)C5CC[N+](C)(C)C5)CC4)c(Cl)c3)n2C)c(F)c1F. The molecule has 2 N–H and O–H groups in total. The molecule has 13 nitrogen and oxygen atoms in total. The number of H-pyrrole nitrogens is 1. The van der Waals surface area contributed by atoms with Gasteiger partial charge in [0.2, 0.25) is 5.91 Å². The number of aryl methyl sites for hydroxylation is 1. The maximum Gasteiger partial charge on any atom is 0.291 e. The van der Waals surface area contributed by atoms with Gasteiger partial charge >= 0.3 is 0 Å². The lowest BCUT2D eigenvalue weighted by atomic mass is 10.0. The molecule has 0 radical (unpaired) electrons. The summed E-state index contributed by atoms with van der Waals surface area (Å²) in [5, 5.41) is 13.8. The number of carbonyl (C=O) groups is 3. The molecule has 2 saturated heterocycles. The fraction of sp³-hybridized carbons (Fsp3) is 0.333. The standard InChI is InChI=1S/C36H37ClF2N10O3/c1-21-28(19-48(44-21)24-16-41-42-17-24)25-7-8-27(32(39)31(25)38)30-18-40-33(45(30)2)34(50)43-23-5-6-26(29(37)15-23)36(52)47-12-10-46(11-13-47)35(51)22-9-14-49(3,4)20-22/h5-8,15-19,22H,9-14,20H2,1-4H3,(H-,41,42,43,50,52)/p+1. The molecule has 0 spiro atoms. The van der Waals surface area contributed by atoms with Crippen LogP contribution < -0.4 is 5.32 Å². The van der Waals surface area contributed by atoms with E-state index in [2.05, 4.69) is 39.7 Å². The highest BCUT2D eigenvalue weighted by atomic mass is 35.5. The smallest absolute Gasteiger partial charge is 0.291 e. The summed E-state index contributed by atoms with van der Waals surface area (Å²) in [7, 11) is 5.79. The zero-order valence-corrected chi connectivity index (χ0v) is 29.9. The molecule has 270 valence electrons. The van der Waals surface area contributed by atoms with Gasteiger partial charge in [-0.15, -0.1) is 0 Å². The summed E-state index contributed by atoms with van der Waals surface area (Å²) in [5.41, 5.74) is 2.29. The van der Waals surface area contributed by atoms with Crippen molar-refractivity contribution in [2.45, 2.75) is 13.3 Å². The highest BCUT2D eigenvalue weighted by molar-refractivity contribution is 6.34. The molecule has 5 heterocycles. The summed E-state index contributed by atoms with van der Waals surface area (Å²) >= 11 is 6.53. The summed E-state index contributed by atoms with van der Waals surface area (Å²) in [4.78, 5) is 47.4. The van der Waals surface area contributed by atoms with Crippen LogP contribution in [0.1, 0.15) is 33.1 Å². The predicted octanol–water partition coefficient (Wildman–Crippen LogP) is 4.54. The number of rotatable bonds is 7. The number of nitrogens with one attached hydrogen (secondary N) is 2. The van der Waals surface area contributed by atoms with Crippen LogP contribution >= 0.6 is 11.6 Å². The van der Waals surface area contributed by atoms with E-state index in [-0.39, 0.29) is 51.0 Å². The van der Waals surface area contributed by atoms with Crippen LogP contribution in [-0.2, 0) is 11.8 Å². The van der Waals surface area contributed by atoms with Crippen molar-refractivity contribution in [1.82, 2.24) is 39.3 Å². The number of likely N-dealkylation sites (tertiary alicyclic amines) is 1. The van der Waals surface area contributed by atoms with Crippen molar-refractivity contribution < 1.29 is 27.6 Å². The van der Waals surface area contributed by atoms with Gasteiger partial charge in [0.15, 0.2) is 17.5 Å². The van der Waals surface area contributed by atoms with Crippen molar-refractivity contribution >= 4 is 35.0 Å². The predicted molar refractivity (Wildman–Crippen MR) is 190 cm³/mol. The van der Waals surface area contributed by atoms with E-state index < -0.39 is 17.5 Å². The van der Waals surface area contributed by atoms with Crippen molar-refractivity contribution in [2.24, 2.45) is 13.0 Å². The number of aromatic amines is 1. The van der Waals surface area contributed by atoms with Gasteiger partial charge in [-0.3, -0.25) is 19.5 Å². The van der Waals surface area contributed by atoms with Gasteiger partial charge in [0.05, 0.1) is 67.5 Å². The number of nitrogens with zero attached hydrogens (tertiary/aromatic N) is 8. The van der Waals surface area contributed by atoms with E-state index in [1.807, 2.05) is 4.90 Å². The molecule has 2 aromatic carbocycles. The van der Waals surface area contributed by atoms with Gasteiger partial charge in [0.25, 0.3) is 11.8 Å². The van der Waals surface area contributed by atoms with Crippen LogP contribution in [0.15, 0.2) is 55.1 Å². The van der Waals surface area contributed by atoms with Crippen molar-refractivity contribution in [1.29, 1.82) is 0 Å². The molecule has 2 aliphatic rings. The van der Waals surface area contributed by atoms with Gasteiger partial charge in [-0.1, -0.05) is 17.7 Å². The minimum atomic E-state index is -1.10. The Balaban J connectivity index is 1.00. The number of carbonyl (C=O) groups excluding carboxylic acids is 3. The topological polar surface area (TPSA) is 134 Å². The third kappa shape index (κ3) is 6.57.